The quantitative estimate of drug-likeness (QED) is 0.738. The van der Waals surface area contributed by atoms with Crippen LogP contribution in [0.2, 0.25) is 10.0 Å². The highest BCUT2D eigenvalue weighted by molar-refractivity contribution is 6.42. The van der Waals surface area contributed by atoms with E-state index in [9.17, 15) is 4.79 Å². The average Bonchev–Trinajstić information content (AvgIpc) is 2.93. The summed E-state index contributed by atoms with van der Waals surface area (Å²) in [6.07, 6.45) is -0.765. The predicted molar refractivity (Wildman–Crippen MR) is 91.3 cm³/mol. The van der Waals surface area contributed by atoms with Crippen LogP contribution < -0.4 is 10.1 Å². The van der Waals surface area contributed by atoms with Gasteiger partial charge in [0.1, 0.15) is 10.8 Å². The van der Waals surface area contributed by atoms with Crippen molar-refractivity contribution < 1.29 is 9.53 Å². The van der Waals surface area contributed by atoms with E-state index in [0.29, 0.717) is 16.7 Å². The Kier molecular flexibility index (Phi) is 4.41. The van der Waals surface area contributed by atoms with E-state index in [1.54, 1.807) is 25.1 Å². The first-order valence-corrected chi connectivity index (χ1v) is 7.66. The minimum absolute atomic E-state index is 0.276. The van der Waals surface area contributed by atoms with Crippen molar-refractivity contribution in [3.63, 3.8) is 0 Å². The lowest BCUT2D eigenvalue weighted by molar-refractivity contribution is -0.122. The van der Waals surface area contributed by atoms with Crippen LogP contribution in [0.3, 0.4) is 0 Å². The summed E-state index contributed by atoms with van der Waals surface area (Å²) in [5.74, 6) is 0.371. The van der Waals surface area contributed by atoms with Crippen LogP contribution in [0.5, 0.6) is 5.75 Å². The van der Waals surface area contributed by atoms with Gasteiger partial charge in [-0.1, -0.05) is 41.4 Å². The lowest BCUT2D eigenvalue weighted by Gasteiger charge is -2.15. The molecule has 2 N–H and O–H groups in total. The number of hydrogen-bond donors (Lipinski definition) is 2. The standard InChI is InChI=1S/C16H13Cl2N3O2/c1-9(23-13-8-4-5-10(17)14(13)18)15(22)21-16-19-11-6-2-3-7-12(11)20-16/h2-9H,1H3,(H2,19,20,21,22). The summed E-state index contributed by atoms with van der Waals surface area (Å²) < 4.78 is 5.56. The van der Waals surface area contributed by atoms with E-state index in [0.717, 1.165) is 11.0 Å². The van der Waals surface area contributed by atoms with Gasteiger partial charge in [-0.3, -0.25) is 10.1 Å². The van der Waals surface area contributed by atoms with Gasteiger partial charge in [-0.2, -0.15) is 0 Å². The number of carbonyl (C=O) groups excluding carboxylic acids is 1. The monoisotopic (exact) mass is 349 g/mol. The van der Waals surface area contributed by atoms with Gasteiger partial charge >= 0.3 is 0 Å². The van der Waals surface area contributed by atoms with E-state index >= 15 is 0 Å². The average molecular weight is 350 g/mol. The first kappa shape index (κ1) is 15.6. The van der Waals surface area contributed by atoms with Crippen molar-refractivity contribution in [3.8, 4) is 5.75 Å². The normalized spacial score (nSPS) is 12.1. The number of hydrogen-bond acceptors (Lipinski definition) is 3. The number of anilines is 1. The molecule has 1 atom stereocenters. The Morgan fingerprint density at radius 2 is 2.00 bits per heavy atom. The van der Waals surface area contributed by atoms with E-state index in [4.69, 9.17) is 27.9 Å². The maximum absolute atomic E-state index is 12.2. The minimum Gasteiger partial charge on any atom is -0.479 e. The van der Waals surface area contributed by atoms with Crippen LogP contribution in [-0.4, -0.2) is 22.0 Å². The fourth-order valence-corrected chi connectivity index (χ4v) is 2.39. The number of H-pyrrole nitrogens is 1. The molecule has 5 nitrogen and oxygen atoms in total. The number of para-hydroxylation sites is 2. The number of fused-ring (bicyclic) bond motifs is 1. The lowest BCUT2D eigenvalue weighted by atomic mass is 10.3. The predicted octanol–water partition coefficient (Wildman–Crippen LogP) is 4.28. The molecular weight excluding hydrogens is 337 g/mol. The van der Waals surface area contributed by atoms with Gasteiger partial charge in [0, 0.05) is 0 Å². The summed E-state index contributed by atoms with van der Waals surface area (Å²) in [6, 6.07) is 12.5. The van der Waals surface area contributed by atoms with Gasteiger partial charge in [0.15, 0.2) is 6.10 Å². The van der Waals surface area contributed by atoms with Gasteiger partial charge in [-0.05, 0) is 31.2 Å². The van der Waals surface area contributed by atoms with Crippen molar-refractivity contribution in [2.24, 2.45) is 0 Å². The number of nitrogens with zero attached hydrogens (tertiary/aromatic N) is 1. The van der Waals surface area contributed by atoms with Gasteiger partial charge in [0.25, 0.3) is 5.91 Å². The maximum atomic E-state index is 12.2. The fourth-order valence-electron chi connectivity index (χ4n) is 2.05. The van der Waals surface area contributed by atoms with Crippen molar-refractivity contribution in [1.29, 1.82) is 0 Å². The molecule has 1 aromatic heterocycles. The van der Waals surface area contributed by atoms with Crippen LogP contribution in [-0.2, 0) is 4.79 Å². The SMILES string of the molecule is CC(Oc1cccc(Cl)c1Cl)C(=O)Nc1nc2ccccc2[nH]1. The topological polar surface area (TPSA) is 67.0 Å². The molecule has 1 heterocycles. The van der Waals surface area contributed by atoms with Crippen LogP contribution in [0.15, 0.2) is 42.5 Å². The molecule has 1 amide bonds. The van der Waals surface area contributed by atoms with Crippen LogP contribution in [0.1, 0.15) is 6.92 Å². The molecule has 3 rings (SSSR count). The van der Waals surface area contributed by atoms with Crippen LogP contribution in [0, 0.1) is 0 Å². The Labute approximate surface area is 142 Å². The van der Waals surface area contributed by atoms with E-state index in [2.05, 4.69) is 15.3 Å². The highest BCUT2D eigenvalue weighted by atomic mass is 35.5. The lowest BCUT2D eigenvalue weighted by Crippen LogP contribution is -2.30. The third-order valence-electron chi connectivity index (χ3n) is 3.22. The number of halogens is 2. The van der Waals surface area contributed by atoms with E-state index in [1.165, 1.54) is 0 Å². The summed E-state index contributed by atoms with van der Waals surface area (Å²) in [6.45, 7) is 1.62. The molecule has 0 saturated carbocycles. The van der Waals surface area contributed by atoms with Crippen molar-refractivity contribution >= 4 is 46.1 Å². The highest BCUT2D eigenvalue weighted by Crippen LogP contribution is 2.32. The molecular formula is C16H13Cl2N3O2. The zero-order valence-electron chi connectivity index (χ0n) is 12.1. The van der Waals surface area contributed by atoms with E-state index in [-0.39, 0.29) is 10.9 Å². The number of aromatic amines is 1. The van der Waals surface area contributed by atoms with E-state index < -0.39 is 6.10 Å². The van der Waals surface area contributed by atoms with Gasteiger partial charge in [-0.15, -0.1) is 0 Å². The summed E-state index contributed by atoms with van der Waals surface area (Å²) in [5, 5.41) is 3.32. The molecule has 0 aliphatic carbocycles. The Balaban J connectivity index is 1.71. The highest BCUT2D eigenvalue weighted by Gasteiger charge is 2.18. The molecule has 118 valence electrons. The summed E-state index contributed by atoms with van der Waals surface area (Å²) >= 11 is 12.0. The van der Waals surface area contributed by atoms with Crippen LogP contribution in [0.4, 0.5) is 5.95 Å². The number of amides is 1. The maximum Gasteiger partial charge on any atom is 0.267 e. The summed E-state index contributed by atoms with van der Waals surface area (Å²) in [4.78, 5) is 19.5. The number of imidazole rings is 1. The molecule has 2 aromatic carbocycles. The molecule has 0 saturated heterocycles. The zero-order chi connectivity index (χ0) is 16.4. The largest absolute Gasteiger partial charge is 0.479 e. The Morgan fingerprint density at radius 1 is 1.22 bits per heavy atom. The van der Waals surface area contributed by atoms with Gasteiger partial charge in [-0.25, -0.2) is 4.98 Å². The number of nitrogens with one attached hydrogen (secondary N) is 2. The molecule has 3 aromatic rings. The summed E-state index contributed by atoms with van der Waals surface area (Å²) in [5.41, 5.74) is 1.61. The van der Waals surface area contributed by atoms with Crippen molar-refractivity contribution in [1.82, 2.24) is 9.97 Å². The molecule has 7 heteroatoms. The van der Waals surface area contributed by atoms with Crippen molar-refractivity contribution in [2.45, 2.75) is 13.0 Å². The van der Waals surface area contributed by atoms with Gasteiger partial charge in [0.2, 0.25) is 5.95 Å². The first-order valence-electron chi connectivity index (χ1n) is 6.91. The number of aromatic nitrogens is 2. The second-order valence-electron chi connectivity index (χ2n) is 4.90. The molecule has 0 aliphatic rings. The smallest absolute Gasteiger partial charge is 0.267 e. The van der Waals surface area contributed by atoms with Crippen molar-refractivity contribution in [2.75, 3.05) is 5.32 Å². The van der Waals surface area contributed by atoms with Gasteiger partial charge < -0.3 is 9.72 Å². The second-order valence-corrected chi connectivity index (χ2v) is 5.69. The summed E-state index contributed by atoms with van der Waals surface area (Å²) in [7, 11) is 0. The molecule has 0 spiro atoms. The van der Waals surface area contributed by atoms with E-state index in [1.807, 2.05) is 24.3 Å². The first-order chi connectivity index (χ1) is 11.0. The fraction of sp³-hybridized carbons (Fsp3) is 0.125. The van der Waals surface area contributed by atoms with Gasteiger partial charge in [0.05, 0.1) is 16.1 Å². The number of rotatable bonds is 4. The zero-order valence-corrected chi connectivity index (χ0v) is 13.7. The molecule has 1 unspecified atom stereocenters. The molecule has 0 fully saturated rings. The molecule has 0 aliphatic heterocycles. The third-order valence-corrected chi connectivity index (χ3v) is 4.02. The Morgan fingerprint density at radius 3 is 2.78 bits per heavy atom. The second kappa shape index (κ2) is 6.48. The van der Waals surface area contributed by atoms with Crippen molar-refractivity contribution in [3.05, 3.63) is 52.5 Å². The number of ether oxygens (including phenoxy) is 1. The number of carbonyl (C=O) groups is 1. The number of benzene rings is 2. The third kappa shape index (κ3) is 3.41. The molecule has 0 bridgehead atoms. The molecule has 23 heavy (non-hydrogen) atoms. The Hall–Kier alpha value is -2.24. The van der Waals surface area contributed by atoms with Crippen LogP contribution >= 0.6 is 23.2 Å². The van der Waals surface area contributed by atoms with Crippen LogP contribution in [0.25, 0.3) is 11.0 Å². The molecule has 0 radical (unpaired) electrons. The Bertz CT molecular complexity index is 830. The minimum atomic E-state index is -0.765.